The van der Waals surface area contributed by atoms with Gasteiger partial charge in [-0.1, -0.05) is 94.3 Å². The Kier molecular flexibility index (Phi) is 8.34. The van der Waals surface area contributed by atoms with Crippen LogP contribution >= 0.6 is 0 Å². The molecule has 0 saturated carbocycles. The molecule has 0 spiro atoms. The highest BCUT2D eigenvalue weighted by Crippen LogP contribution is 2.37. The minimum absolute atomic E-state index is 0.0982. The molecule has 26 heavy (non-hydrogen) atoms. The Balaban J connectivity index is 2.29. The molecule has 1 N–H and O–H groups in total. The van der Waals surface area contributed by atoms with Crippen molar-refractivity contribution < 1.29 is 5.11 Å². The SMILES string of the molecule is CCCCN(CCCC)CC(C)C(O)(c1ccccc1)c1ccccc1. The van der Waals surface area contributed by atoms with E-state index >= 15 is 0 Å². The highest BCUT2D eigenvalue weighted by Gasteiger charge is 2.38. The number of hydrogen-bond acceptors (Lipinski definition) is 2. The summed E-state index contributed by atoms with van der Waals surface area (Å²) >= 11 is 0. The third kappa shape index (κ3) is 5.18. The van der Waals surface area contributed by atoms with Gasteiger partial charge in [0.25, 0.3) is 0 Å². The maximum atomic E-state index is 11.9. The molecule has 0 fully saturated rings. The van der Waals surface area contributed by atoms with Crippen LogP contribution in [-0.4, -0.2) is 29.6 Å². The van der Waals surface area contributed by atoms with Crippen LogP contribution < -0.4 is 0 Å². The minimum atomic E-state index is -0.973. The molecule has 2 heteroatoms. The first-order valence-corrected chi connectivity index (χ1v) is 10.2. The molecule has 0 aromatic heterocycles. The van der Waals surface area contributed by atoms with Gasteiger partial charge in [-0.05, 0) is 37.1 Å². The summed E-state index contributed by atoms with van der Waals surface area (Å²) in [5, 5.41) is 11.9. The first-order valence-electron chi connectivity index (χ1n) is 10.2. The van der Waals surface area contributed by atoms with E-state index in [1.807, 2.05) is 60.7 Å². The molecule has 2 aromatic carbocycles. The van der Waals surface area contributed by atoms with E-state index in [1.54, 1.807) is 0 Å². The molecule has 1 unspecified atom stereocenters. The van der Waals surface area contributed by atoms with Crippen molar-refractivity contribution in [1.29, 1.82) is 0 Å². The fraction of sp³-hybridized carbons (Fsp3) is 0.500. The van der Waals surface area contributed by atoms with Crippen molar-refractivity contribution in [2.75, 3.05) is 19.6 Å². The zero-order valence-corrected chi connectivity index (χ0v) is 16.7. The molecule has 0 amide bonds. The van der Waals surface area contributed by atoms with E-state index in [-0.39, 0.29) is 5.92 Å². The Morgan fingerprint density at radius 1 is 0.808 bits per heavy atom. The van der Waals surface area contributed by atoms with Crippen LogP contribution in [0.25, 0.3) is 0 Å². The molecule has 2 rings (SSSR count). The van der Waals surface area contributed by atoms with Gasteiger partial charge in [-0.3, -0.25) is 0 Å². The Labute approximate surface area is 159 Å². The fourth-order valence-corrected chi connectivity index (χ4v) is 3.70. The van der Waals surface area contributed by atoms with Crippen LogP contribution in [0.3, 0.4) is 0 Å². The van der Waals surface area contributed by atoms with Gasteiger partial charge in [0.15, 0.2) is 0 Å². The van der Waals surface area contributed by atoms with Gasteiger partial charge in [-0.25, -0.2) is 0 Å². The lowest BCUT2D eigenvalue weighted by Crippen LogP contribution is -2.42. The third-order valence-corrected chi connectivity index (χ3v) is 5.33. The average molecular weight is 354 g/mol. The maximum absolute atomic E-state index is 11.9. The average Bonchev–Trinajstić information content (AvgIpc) is 2.70. The van der Waals surface area contributed by atoms with Gasteiger partial charge in [0.2, 0.25) is 0 Å². The maximum Gasteiger partial charge on any atom is 0.118 e. The topological polar surface area (TPSA) is 23.5 Å². The Morgan fingerprint density at radius 2 is 1.23 bits per heavy atom. The van der Waals surface area contributed by atoms with Crippen molar-refractivity contribution in [1.82, 2.24) is 4.90 Å². The first-order chi connectivity index (χ1) is 12.6. The van der Waals surface area contributed by atoms with E-state index in [1.165, 1.54) is 25.7 Å². The zero-order valence-electron chi connectivity index (χ0n) is 16.7. The summed E-state index contributed by atoms with van der Waals surface area (Å²) in [5.41, 5.74) is 0.980. The van der Waals surface area contributed by atoms with Crippen LogP contribution in [0.1, 0.15) is 57.6 Å². The van der Waals surface area contributed by atoms with Crippen LogP contribution in [0, 0.1) is 5.92 Å². The first kappa shape index (κ1) is 20.7. The predicted octanol–water partition coefficient (Wildman–Crippen LogP) is 5.46. The fourth-order valence-electron chi connectivity index (χ4n) is 3.70. The van der Waals surface area contributed by atoms with Gasteiger partial charge in [-0.15, -0.1) is 0 Å². The van der Waals surface area contributed by atoms with Crippen molar-refractivity contribution >= 4 is 0 Å². The van der Waals surface area contributed by atoms with Crippen LogP contribution in [0.4, 0.5) is 0 Å². The van der Waals surface area contributed by atoms with Crippen molar-refractivity contribution in [3.63, 3.8) is 0 Å². The third-order valence-electron chi connectivity index (χ3n) is 5.33. The molecule has 0 radical (unpaired) electrons. The summed E-state index contributed by atoms with van der Waals surface area (Å²) in [7, 11) is 0. The van der Waals surface area contributed by atoms with E-state index in [0.29, 0.717) is 0 Å². The lowest BCUT2D eigenvalue weighted by Gasteiger charge is -2.38. The molecule has 2 aromatic rings. The minimum Gasteiger partial charge on any atom is -0.380 e. The summed E-state index contributed by atoms with van der Waals surface area (Å²) < 4.78 is 0. The van der Waals surface area contributed by atoms with Gasteiger partial charge in [0.05, 0.1) is 0 Å². The number of rotatable bonds is 11. The molecule has 2 nitrogen and oxygen atoms in total. The van der Waals surface area contributed by atoms with E-state index in [9.17, 15) is 5.11 Å². The second-order valence-electron chi connectivity index (χ2n) is 7.41. The van der Waals surface area contributed by atoms with Gasteiger partial charge in [0.1, 0.15) is 5.60 Å². The molecule has 0 aliphatic carbocycles. The largest absolute Gasteiger partial charge is 0.380 e. The van der Waals surface area contributed by atoms with Crippen molar-refractivity contribution in [3.05, 3.63) is 71.8 Å². The smallest absolute Gasteiger partial charge is 0.118 e. The Bertz CT molecular complexity index is 563. The van der Waals surface area contributed by atoms with Crippen LogP contribution in [0.2, 0.25) is 0 Å². The summed E-state index contributed by atoms with van der Waals surface area (Å²) in [6, 6.07) is 20.3. The van der Waals surface area contributed by atoms with Gasteiger partial charge < -0.3 is 10.0 Å². The van der Waals surface area contributed by atoms with Crippen LogP contribution in [0.5, 0.6) is 0 Å². The molecule has 142 valence electrons. The lowest BCUT2D eigenvalue weighted by atomic mass is 9.76. The Morgan fingerprint density at radius 3 is 1.62 bits per heavy atom. The quantitative estimate of drug-likeness (QED) is 0.580. The molecular weight excluding hydrogens is 318 g/mol. The summed E-state index contributed by atoms with van der Waals surface area (Å²) in [6.07, 6.45) is 4.84. The van der Waals surface area contributed by atoms with E-state index < -0.39 is 5.60 Å². The summed E-state index contributed by atoms with van der Waals surface area (Å²) in [4.78, 5) is 2.54. The number of benzene rings is 2. The second-order valence-corrected chi connectivity index (χ2v) is 7.41. The number of unbranched alkanes of at least 4 members (excludes halogenated alkanes) is 2. The van der Waals surface area contributed by atoms with Crippen molar-refractivity contribution in [2.24, 2.45) is 5.92 Å². The predicted molar refractivity (Wildman–Crippen MR) is 111 cm³/mol. The summed E-state index contributed by atoms with van der Waals surface area (Å²) in [5.74, 6) is 0.0982. The standard InChI is InChI=1S/C24H35NO/c1-4-6-18-25(19-7-5-2)20-21(3)24(26,22-14-10-8-11-15-22)23-16-12-9-13-17-23/h8-17,21,26H,4-7,18-20H2,1-3H3. The molecular formula is C24H35NO. The van der Waals surface area contributed by atoms with Crippen molar-refractivity contribution in [3.8, 4) is 0 Å². The van der Waals surface area contributed by atoms with E-state index in [2.05, 4.69) is 25.7 Å². The summed E-state index contributed by atoms with van der Waals surface area (Å²) in [6.45, 7) is 9.80. The van der Waals surface area contributed by atoms with Gasteiger partial charge >= 0.3 is 0 Å². The molecule has 0 saturated heterocycles. The van der Waals surface area contributed by atoms with Crippen LogP contribution in [0.15, 0.2) is 60.7 Å². The van der Waals surface area contributed by atoms with Crippen molar-refractivity contribution in [2.45, 2.75) is 52.1 Å². The number of hydrogen-bond donors (Lipinski definition) is 1. The van der Waals surface area contributed by atoms with Gasteiger partial charge in [0, 0.05) is 12.5 Å². The molecule has 1 atom stereocenters. The monoisotopic (exact) mass is 353 g/mol. The highest BCUT2D eigenvalue weighted by atomic mass is 16.3. The number of aliphatic hydroxyl groups is 1. The van der Waals surface area contributed by atoms with E-state index in [4.69, 9.17) is 0 Å². The lowest BCUT2D eigenvalue weighted by molar-refractivity contribution is 0.00698. The second kappa shape index (κ2) is 10.5. The molecule has 0 heterocycles. The van der Waals surface area contributed by atoms with E-state index in [0.717, 1.165) is 30.8 Å². The Hall–Kier alpha value is -1.64. The highest BCUT2D eigenvalue weighted by molar-refractivity contribution is 5.36. The normalized spacial score (nSPS) is 13.1. The van der Waals surface area contributed by atoms with Gasteiger partial charge in [-0.2, -0.15) is 0 Å². The molecule has 0 bridgehead atoms. The van der Waals surface area contributed by atoms with Crippen LogP contribution in [-0.2, 0) is 5.60 Å². The molecule has 0 aliphatic heterocycles. The zero-order chi connectivity index (χ0) is 18.8. The number of nitrogens with zero attached hydrogens (tertiary/aromatic N) is 1. The molecule has 0 aliphatic rings.